The Labute approximate surface area is 117 Å². The van der Waals surface area contributed by atoms with Crippen LogP contribution in [-0.2, 0) is 4.79 Å². The van der Waals surface area contributed by atoms with Crippen LogP contribution in [0.1, 0.15) is 52.9 Å². The number of carboxylic acid groups (broad SMARTS) is 1. The SMILES string of the molecule is CCN1CCCC(N(CCCC(=O)O)C(C)C)CC1. The van der Waals surface area contributed by atoms with Gasteiger partial charge in [0.2, 0.25) is 0 Å². The first-order valence-corrected chi connectivity index (χ1v) is 7.74. The van der Waals surface area contributed by atoms with Crippen LogP contribution in [0.3, 0.4) is 0 Å². The first-order valence-electron chi connectivity index (χ1n) is 7.74. The molecule has 1 atom stereocenters. The fourth-order valence-electron chi connectivity index (χ4n) is 3.06. The Morgan fingerprint density at radius 1 is 1.37 bits per heavy atom. The van der Waals surface area contributed by atoms with Crippen molar-refractivity contribution < 1.29 is 9.90 Å². The third kappa shape index (κ3) is 5.91. The van der Waals surface area contributed by atoms with Gasteiger partial charge in [0, 0.05) is 18.5 Å². The molecule has 0 aromatic carbocycles. The molecule has 0 amide bonds. The highest BCUT2D eigenvalue weighted by Crippen LogP contribution is 2.19. The van der Waals surface area contributed by atoms with Crippen molar-refractivity contribution in [1.82, 2.24) is 9.80 Å². The summed E-state index contributed by atoms with van der Waals surface area (Å²) in [6.45, 7) is 11.1. The van der Waals surface area contributed by atoms with Crippen LogP contribution in [0.2, 0.25) is 0 Å². The van der Waals surface area contributed by atoms with Gasteiger partial charge in [-0.05, 0) is 65.7 Å². The lowest BCUT2D eigenvalue weighted by Gasteiger charge is -2.34. The molecule has 112 valence electrons. The topological polar surface area (TPSA) is 43.8 Å². The Bertz CT molecular complexity index is 269. The molecule has 1 unspecified atom stereocenters. The molecule has 1 heterocycles. The maximum absolute atomic E-state index is 10.6. The van der Waals surface area contributed by atoms with Gasteiger partial charge in [-0.1, -0.05) is 6.92 Å². The Hall–Kier alpha value is -0.610. The van der Waals surface area contributed by atoms with Gasteiger partial charge in [-0.15, -0.1) is 0 Å². The number of hydrogen-bond acceptors (Lipinski definition) is 3. The minimum absolute atomic E-state index is 0.289. The summed E-state index contributed by atoms with van der Waals surface area (Å²) >= 11 is 0. The number of hydrogen-bond donors (Lipinski definition) is 1. The third-order valence-corrected chi connectivity index (χ3v) is 4.18. The molecular weight excluding hydrogens is 240 g/mol. The van der Waals surface area contributed by atoms with Gasteiger partial charge in [0.25, 0.3) is 0 Å². The van der Waals surface area contributed by atoms with Gasteiger partial charge in [-0.2, -0.15) is 0 Å². The molecule has 0 radical (unpaired) electrons. The van der Waals surface area contributed by atoms with E-state index in [-0.39, 0.29) is 6.42 Å². The highest BCUT2D eigenvalue weighted by atomic mass is 16.4. The summed E-state index contributed by atoms with van der Waals surface area (Å²) in [5.41, 5.74) is 0. The minimum atomic E-state index is -0.679. The highest BCUT2D eigenvalue weighted by molar-refractivity contribution is 5.66. The van der Waals surface area contributed by atoms with Crippen molar-refractivity contribution in [3.8, 4) is 0 Å². The maximum atomic E-state index is 10.6. The van der Waals surface area contributed by atoms with Gasteiger partial charge < -0.3 is 10.0 Å². The zero-order chi connectivity index (χ0) is 14.3. The van der Waals surface area contributed by atoms with E-state index in [9.17, 15) is 4.79 Å². The van der Waals surface area contributed by atoms with Gasteiger partial charge in [-0.3, -0.25) is 9.69 Å². The van der Waals surface area contributed by atoms with Crippen molar-refractivity contribution in [2.75, 3.05) is 26.2 Å². The molecule has 0 spiro atoms. The largest absolute Gasteiger partial charge is 0.481 e. The van der Waals surface area contributed by atoms with Crippen LogP contribution in [0.25, 0.3) is 0 Å². The quantitative estimate of drug-likeness (QED) is 0.771. The van der Waals surface area contributed by atoms with Crippen LogP contribution < -0.4 is 0 Å². The highest BCUT2D eigenvalue weighted by Gasteiger charge is 2.23. The first-order chi connectivity index (χ1) is 9.04. The van der Waals surface area contributed by atoms with E-state index in [2.05, 4.69) is 30.6 Å². The zero-order valence-electron chi connectivity index (χ0n) is 12.8. The van der Waals surface area contributed by atoms with E-state index in [4.69, 9.17) is 5.11 Å². The molecule has 0 aliphatic carbocycles. The average molecular weight is 270 g/mol. The zero-order valence-corrected chi connectivity index (χ0v) is 12.8. The molecular formula is C15H30N2O2. The number of likely N-dealkylation sites (tertiary alicyclic amines) is 1. The minimum Gasteiger partial charge on any atom is -0.481 e. The van der Waals surface area contributed by atoms with Crippen molar-refractivity contribution in [3.05, 3.63) is 0 Å². The Kier molecular flexibility index (Phi) is 7.39. The molecule has 0 aromatic rings. The monoisotopic (exact) mass is 270 g/mol. The van der Waals surface area contributed by atoms with Crippen molar-refractivity contribution in [2.45, 2.75) is 65.0 Å². The van der Waals surface area contributed by atoms with Crippen LogP contribution in [-0.4, -0.2) is 59.1 Å². The van der Waals surface area contributed by atoms with Gasteiger partial charge in [0.05, 0.1) is 0 Å². The van der Waals surface area contributed by atoms with Gasteiger partial charge in [-0.25, -0.2) is 0 Å². The summed E-state index contributed by atoms with van der Waals surface area (Å²) in [6, 6.07) is 1.14. The molecule has 1 saturated heterocycles. The second kappa shape index (κ2) is 8.54. The lowest BCUT2D eigenvalue weighted by molar-refractivity contribution is -0.137. The summed E-state index contributed by atoms with van der Waals surface area (Å²) in [7, 11) is 0. The second-order valence-electron chi connectivity index (χ2n) is 5.85. The molecule has 0 aromatic heterocycles. The Balaban J connectivity index is 2.48. The van der Waals surface area contributed by atoms with E-state index in [1.807, 2.05) is 0 Å². The predicted octanol–water partition coefficient (Wildman–Crippen LogP) is 2.44. The molecule has 0 saturated carbocycles. The first kappa shape index (κ1) is 16.4. The number of rotatable bonds is 7. The van der Waals surface area contributed by atoms with Crippen molar-refractivity contribution in [2.24, 2.45) is 0 Å². The van der Waals surface area contributed by atoms with Gasteiger partial charge >= 0.3 is 5.97 Å². The second-order valence-corrected chi connectivity index (χ2v) is 5.85. The molecule has 1 fully saturated rings. The molecule has 1 aliphatic heterocycles. The van der Waals surface area contributed by atoms with E-state index in [0.29, 0.717) is 12.1 Å². The third-order valence-electron chi connectivity index (χ3n) is 4.18. The fourth-order valence-corrected chi connectivity index (χ4v) is 3.06. The van der Waals surface area contributed by atoms with Crippen LogP contribution in [0.4, 0.5) is 0 Å². The van der Waals surface area contributed by atoms with Crippen LogP contribution in [0, 0.1) is 0 Å². The number of nitrogens with zero attached hydrogens (tertiary/aromatic N) is 2. The summed E-state index contributed by atoms with van der Waals surface area (Å²) in [5, 5.41) is 8.76. The molecule has 4 nitrogen and oxygen atoms in total. The smallest absolute Gasteiger partial charge is 0.303 e. The average Bonchev–Trinajstić information content (AvgIpc) is 2.59. The van der Waals surface area contributed by atoms with Crippen LogP contribution in [0.5, 0.6) is 0 Å². The summed E-state index contributed by atoms with van der Waals surface area (Å²) < 4.78 is 0. The Morgan fingerprint density at radius 2 is 2.11 bits per heavy atom. The van der Waals surface area contributed by atoms with E-state index in [1.54, 1.807) is 0 Å². The van der Waals surface area contributed by atoms with E-state index in [1.165, 1.54) is 32.4 Å². The van der Waals surface area contributed by atoms with E-state index < -0.39 is 5.97 Å². The van der Waals surface area contributed by atoms with Crippen molar-refractivity contribution in [1.29, 1.82) is 0 Å². The lowest BCUT2D eigenvalue weighted by atomic mass is 10.0. The number of aliphatic carboxylic acids is 1. The van der Waals surface area contributed by atoms with E-state index >= 15 is 0 Å². The molecule has 4 heteroatoms. The molecule has 19 heavy (non-hydrogen) atoms. The molecule has 0 bridgehead atoms. The number of carbonyl (C=O) groups is 1. The number of carboxylic acids is 1. The molecule has 1 aliphatic rings. The van der Waals surface area contributed by atoms with Gasteiger partial charge in [0.1, 0.15) is 0 Å². The fraction of sp³-hybridized carbons (Fsp3) is 0.933. The van der Waals surface area contributed by atoms with Crippen molar-refractivity contribution in [3.63, 3.8) is 0 Å². The van der Waals surface area contributed by atoms with Crippen molar-refractivity contribution >= 4 is 5.97 Å². The molecule has 1 rings (SSSR count). The van der Waals surface area contributed by atoms with Crippen LogP contribution >= 0.6 is 0 Å². The predicted molar refractivity (Wildman–Crippen MR) is 78.5 cm³/mol. The lowest BCUT2D eigenvalue weighted by Crippen LogP contribution is -2.41. The summed E-state index contributed by atoms with van der Waals surface area (Å²) in [5.74, 6) is -0.679. The summed E-state index contributed by atoms with van der Waals surface area (Å²) in [6.07, 6.45) is 4.79. The molecule has 1 N–H and O–H groups in total. The summed E-state index contributed by atoms with van der Waals surface area (Å²) in [4.78, 5) is 15.7. The maximum Gasteiger partial charge on any atom is 0.303 e. The Morgan fingerprint density at radius 3 is 2.68 bits per heavy atom. The standard InChI is InChI=1S/C15H30N2O2/c1-4-16-10-5-7-14(9-12-16)17(13(2)3)11-6-8-15(18)19/h13-14H,4-12H2,1-3H3,(H,18,19). The van der Waals surface area contributed by atoms with E-state index in [0.717, 1.165) is 19.5 Å². The van der Waals surface area contributed by atoms with Crippen LogP contribution in [0.15, 0.2) is 0 Å². The van der Waals surface area contributed by atoms with Gasteiger partial charge in [0.15, 0.2) is 0 Å². The normalized spacial score (nSPS) is 21.8.